The van der Waals surface area contributed by atoms with Crippen LogP contribution in [0.1, 0.15) is 6.92 Å². The molecule has 2 heterocycles. The molecule has 0 amide bonds. The second kappa shape index (κ2) is 4.01. The summed E-state index contributed by atoms with van der Waals surface area (Å²) in [4.78, 5) is 10.3. The summed E-state index contributed by atoms with van der Waals surface area (Å²) < 4.78 is 1.63. The highest BCUT2D eigenvalue weighted by atomic mass is 15.4. The number of nitrogens with zero attached hydrogens (tertiary/aromatic N) is 6. The van der Waals surface area contributed by atoms with E-state index in [2.05, 4.69) is 20.3 Å². The van der Waals surface area contributed by atoms with Gasteiger partial charge in [-0.15, -0.1) is 5.10 Å². The highest BCUT2D eigenvalue weighted by Crippen LogP contribution is 2.18. The van der Waals surface area contributed by atoms with Crippen molar-refractivity contribution in [3.63, 3.8) is 0 Å². The van der Waals surface area contributed by atoms with Gasteiger partial charge in [-0.05, 0) is 6.92 Å². The van der Waals surface area contributed by atoms with E-state index >= 15 is 0 Å². The lowest BCUT2D eigenvalue weighted by molar-refractivity contribution is 0.712. The van der Waals surface area contributed by atoms with Gasteiger partial charge in [0.2, 0.25) is 0 Å². The lowest BCUT2D eigenvalue weighted by Crippen LogP contribution is -2.33. The number of hydrogen-bond acceptors (Lipinski definition) is 6. The van der Waals surface area contributed by atoms with E-state index in [9.17, 15) is 0 Å². The van der Waals surface area contributed by atoms with Crippen molar-refractivity contribution >= 4 is 17.0 Å². The zero-order valence-electron chi connectivity index (χ0n) is 9.62. The molecule has 0 aliphatic rings. The number of aromatic nitrogens is 5. The van der Waals surface area contributed by atoms with Gasteiger partial charge in [0.05, 0.1) is 0 Å². The number of rotatable bonds is 3. The third-order valence-electron chi connectivity index (χ3n) is 2.29. The highest BCUT2D eigenvalue weighted by molar-refractivity contribution is 5.82. The summed E-state index contributed by atoms with van der Waals surface area (Å²) in [5.41, 5.74) is 7.18. The summed E-state index contributed by atoms with van der Waals surface area (Å²) in [6.45, 7) is 2.66. The van der Waals surface area contributed by atoms with E-state index in [1.165, 1.54) is 6.33 Å². The average molecular weight is 221 g/mol. The van der Waals surface area contributed by atoms with Crippen LogP contribution in [0.4, 0.5) is 5.82 Å². The minimum Gasteiger partial charge on any atom is -0.356 e. The van der Waals surface area contributed by atoms with Crippen LogP contribution in [0.5, 0.6) is 0 Å². The lowest BCUT2D eigenvalue weighted by atomic mass is 10.3. The van der Waals surface area contributed by atoms with Gasteiger partial charge in [0.25, 0.3) is 0 Å². The summed E-state index contributed by atoms with van der Waals surface area (Å²) in [6, 6.07) is 0.0756. The Morgan fingerprint density at radius 3 is 2.94 bits per heavy atom. The van der Waals surface area contributed by atoms with Crippen LogP contribution in [0.2, 0.25) is 0 Å². The molecule has 7 nitrogen and oxygen atoms in total. The molecule has 0 spiro atoms. The van der Waals surface area contributed by atoms with E-state index in [0.717, 1.165) is 11.5 Å². The van der Waals surface area contributed by atoms with Crippen molar-refractivity contribution in [3.8, 4) is 0 Å². The largest absolute Gasteiger partial charge is 0.356 e. The number of nitrogens with two attached hydrogens (primary N) is 1. The molecule has 2 aromatic heterocycles. The molecule has 7 heteroatoms. The van der Waals surface area contributed by atoms with Gasteiger partial charge in [-0.25, -0.2) is 14.6 Å². The second-order valence-electron chi connectivity index (χ2n) is 3.94. The van der Waals surface area contributed by atoms with Crippen molar-refractivity contribution in [1.82, 2.24) is 25.0 Å². The van der Waals surface area contributed by atoms with E-state index in [0.29, 0.717) is 12.1 Å². The zero-order valence-corrected chi connectivity index (χ0v) is 9.62. The molecule has 0 saturated carbocycles. The number of likely N-dealkylation sites (N-methyl/N-ethyl adjacent to an activating group) is 1. The summed E-state index contributed by atoms with van der Waals surface area (Å²) in [6.07, 6.45) is 1.51. The van der Waals surface area contributed by atoms with E-state index in [4.69, 9.17) is 5.73 Å². The predicted octanol–water partition coefficient (Wildman–Crippen LogP) is -0.458. The fourth-order valence-corrected chi connectivity index (χ4v) is 1.64. The van der Waals surface area contributed by atoms with Gasteiger partial charge < -0.3 is 10.6 Å². The van der Waals surface area contributed by atoms with Gasteiger partial charge >= 0.3 is 0 Å². The first-order chi connectivity index (χ1) is 7.59. The quantitative estimate of drug-likeness (QED) is 0.755. The van der Waals surface area contributed by atoms with Crippen LogP contribution in [-0.4, -0.2) is 44.6 Å². The van der Waals surface area contributed by atoms with Gasteiger partial charge in [-0.2, -0.15) is 0 Å². The standard InChI is InChI=1S/C9H15N7/c1-6(10)4-15(2)8-7-9(12-5-11-8)16(3)14-13-7/h5-6H,4,10H2,1-3H3. The minimum absolute atomic E-state index is 0.0756. The highest BCUT2D eigenvalue weighted by Gasteiger charge is 2.13. The molecule has 1 unspecified atom stereocenters. The summed E-state index contributed by atoms with van der Waals surface area (Å²) in [7, 11) is 3.73. The van der Waals surface area contributed by atoms with Crippen LogP contribution in [0.3, 0.4) is 0 Å². The van der Waals surface area contributed by atoms with Crippen molar-refractivity contribution in [2.24, 2.45) is 12.8 Å². The third-order valence-corrected chi connectivity index (χ3v) is 2.29. The maximum atomic E-state index is 5.75. The summed E-state index contributed by atoms with van der Waals surface area (Å²) in [5.74, 6) is 0.760. The van der Waals surface area contributed by atoms with Gasteiger partial charge in [-0.1, -0.05) is 5.21 Å². The van der Waals surface area contributed by atoms with Crippen LogP contribution in [0, 0.1) is 0 Å². The molecule has 2 aromatic rings. The molecule has 0 aromatic carbocycles. The molecule has 0 fully saturated rings. The normalized spacial score (nSPS) is 13.0. The molecule has 0 saturated heterocycles. The summed E-state index contributed by atoms with van der Waals surface area (Å²) in [5, 5.41) is 7.98. The number of hydrogen-bond donors (Lipinski definition) is 1. The van der Waals surface area contributed by atoms with Gasteiger partial charge in [0, 0.05) is 26.7 Å². The first-order valence-corrected chi connectivity index (χ1v) is 5.06. The molecule has 0 aliphatic carbocycles. The molecular weight excluding hydrogens is 206 g/mol. The number of fused-ring (bicyclic) bond motifs is 1. The molecule has 86 valence electrons. The molecule has 0 aliphatic heterocycles. The number of aryl methyl sites for hydroxylation is 1. The fourth-order valence-electron chi connectivity index (χ4n) is 1.64. The summed E-state index contributed by atoms with van der Waals surface area (Å²) >= 11 is 0. The van der Waals surface area contributed by atoms with E-state index in [1.54, 1.807) is 11.7 Å². The topological polar surface area (TPSA) is 85.8 Å². The second-order valence-corrected chi connectivity index (χ2v) is 3.94. The van der Waals surface area contributed by atoms with E-state index in [1.807, 2.05) is 18.9 Å². The van der Waals surface area contributed by atoms with Crippen molar-refractivity contribution < 1.29 is 0 Å². The van der Waals surface area contributed by atoms with E-state index < -0.39 is 0 Å². The first kappa shape index (κ1) is 10.7. The van der Waals surface area contributed by atoms with Crippen molar-refractivity contribution in [2.45, 2.75) is 13.0 Å². The molecular formula is C9H15N7. The maximum absolute atomic E-state index is 5.75. The Hall–Kier alpha value is -1.76. The predicted molar refractivity (Wildman–Crippen MR) is 61.0 cm³/mol. The average Bonchev–Trinajstić information content (AvgIpc) is 2.59. The smallest absolute Gasteiger partial charge is 0.183 e. The first-order valence-electron chi connectivity index (χ1n) is 5.06. The third kappa shape index (κ3) is 1.81. The Kier molecular flexibility index (Phi) is 2.69. The molecule has 2 rings (SSSR count). The Morgan fingerprint density at radius 1 is 1.50 bits per heavy atom. The van der Waals surface area contributed by atoms with Crippen LogP contribution in [0.15, 0.2) is 6.33 Å². The lowest BCUT2D eigenvalue weighted by Gasteiger charge is -2.19. The Labute approximate surface area is 93.3 Å². The molecule has 2 N–H and O–H groups in total. The van der Waals surface area contributed by atoms with Gasteiger partial charge in [-0.3, -0.25) is 0 Å². The number of anilines is 1. The fraction of sp³-hybridized carbons (Fsp3) is 0.556. The molecule has 0 bridgehead atoms. The molecule has 16 heavy (non-hydrogen) atoms. The maximum Gasteiger partial charge on any atom is 0.183 e. The Morgan fingerprint density at radius 2 is 2.25 bits per heavy atom. The zero-order chi connectivity index (χ0) is 11.7. The van der Waals surface area contributed by atoms with Crippen LogP contribution < -0.4 is 10.6 Å². The Bertz CT molecular complexity index is 490. The minimum atomic E-state index is 0.0756. The molecule has 1 atom stereocenters. The van der Waals surface area contributed by atoms with Crippen molar-refractivity contribution in [2.75, 3.05) is 18.5 Å². The van der Waals surface area contributed by atoms with Gasteiger partial charge in [0.15, 0.2) is 17.0 Å². The van der Waals surface area contributed by atoms with Crippen LogP contribution >= 0.6 is 0 Å². The van der Waals surface area contributed by atoms with Crippen molar-refractivity contribution in [1.29, 1.82) is 0 Å². The molecule has 0 radical (unpaired) electrons. The van der Waals surface area contributed by atoms with E-state index in [-0.39, 0.29) is 6.04 Å². The SMILES string of the molecule is CC(N)CN(C)c1ncnc2c1nnn2C. The Balaban J connectivity index is 2.44. The monoisotopic (exact) mass is 221 g/mol. The van der Waals surface area contributed by atoms with Gasteiger partial charge in [0.1, 0.15) is 6.33 Å². The van der Waals surface area contributed by atoms with Crippen LogP contribution in [-0.2, 0) is 7.05 Å². The van der Waals surface area contributed by atoms with Crippen molar-refractivity contribution in [3.05, 3.63) is 6.33 Å². The van der Waals surface area contributed by atoms with Crippen LogP contribution in [0.25, 0.3) is 11.2 Å².